The molecule has 19 heavy (non-hydrogen) atoms. The molecule has 0 radical (unpaired) electrons. The van der Waals surface area contributed by atoms with Crippen molar-refractivity contribution in [3.8, 4) is 5.88 Å². The average Bonchev–Trinajstić information content (AvgIpc) is 2.94. The van der Waals surface area contributed by atoms with Gasteiger partial charge in [-0.05, 0) is 23.1 Å². The highest BCUT2D eigenvalue weighted by atomic mass is 32.1. The van der Waals surface area contributed by atoms with E-state index in [0.29, 0.717) is 12.5 Å². The minimum absolute atomic E-state index is 0.497. The molecular weight excluding hydrogens is 256 g/mol. The summed E-state index contributed by atoms with van der Waals surface area (Å²) in [4.78, 5) is 9.31. The van der Waals surface area contributed by atoms with Gasteiger partial charge in [-0.2, -0.15) is 0 Å². The van der Waals surface area contributed by atoms with E-state index in [2.05, 4.69) is 22.1 Å². The fourth-order valence-corrected chi connectivity index (χ4v) is 2.48. The Morgan fingerprint density at radius 2 is 2.00 bits per heavy atom. The van der Waals surface area contributed by atoms with Crippen LogP contribution in [0.5, 0.6) is 5.88 Å². The van der Waals surface area contributed by atoms with Gasteiger partial charge in [-0.25, -0.2) is 9.97 Å². The lowest BCUT2D eigenvalue weighted by atomic mass is 10.2. The van der Waals surface area contributed by atoms with E-state index in [-0.39, 0.29) is 0 Å². The van der Waals surface area contributed by atoms with E-state index in [1.54, 1.807) is 11.3 Å². The van der Waals surface area contributed by atoms with Crippen molar-refractivity contribution in [1.29, 1.82) is 0 Å². The van der Waals surface area contributed by atoms with Gasteiger partial charge in [0.05, 0.1) is 5.39 Å². The number of fused-ring (bicyclic) bond motifs is 1. The molecule has 3 rings (SSSR count). The highest BCUT2D eigenvalue weighted by Gasteiger charge is 2.04. The second-order valence-corrected chi connectivity index (χ2v) is 4.84. The van der Waals surface area contributed by atoms with E-state index in [0.717, 1.165) is 15.8 Å². The van der Waals surface area contributed by atoms with Crippen LogP contribution in [0.15, 0.2) is 54.2 Å². The summed E-state index contributed by atoms with van der Waals surface area (Å²) in [6.45, 7) is 0.497. The van der Waals surface area contributed by atoms with Gasteiger partial charge >= 0.3 is 0 Å². The molecule has 1 aromatic carbocycles. The molecule has 0 unspecified atom stereocenters. The third-order valence-electron chi connectivity index (χ3n) is 2.65. The first-order chi connectivity index (χ1) is 9.43. The normalized spacial score (nSPS) is 11.2. The fraction of sp³-hybridized carbons (Fsp3) is 0.0667. The first-order valence-corrected chi connectivity index (χ1v) is 6.84. The molecule has 0 atom stereocenters. The number of nitrogens with zero attached hydrogens (tertiary/aromatic N) is 2. The maximum Gasteiger partial charge on any atom is 0.225 e. The van der Waals surface area contributed by atoms with Crippen LogP contribution in [0.3, 0.4) is 0 Å². The summed E-state index contributed by atoms with van der Waals surface area (Å²) in [6.07, 6.45) is 5.55. The fourth-order valence-electron chi connectivity index (χ4n) is 1.76. The Kier molecular flexibility index (Phi) is 3.51. The van der Waals surface area contributed by atoms with E-state index in [9.17, 15) is 0 Å². The third-order valence-corrected chi connectivity index (χ3v) is 3.47. The molecule has 0 N–H and O–H groups in total. The minimum atomic E-state index is 0.497. The number of aromatic nitrogens is 2. The molecule has 0 amide bonds. The van der Waals surface area contributed by atoms with E-state index in [1.807, 2.05) is 41.8 Å². The van der Waals surface area contributed by atoms with E-state index in [1.165, 1.54) is 6.33 Å². The van der Waals surface area contributed by atoms with Crippen LogP contribution in [-0.2, 0) is 0 Å². The van der Waals surface area contributed by atoms with Crippen LogP contribution < -0.4 is 4.74 Å². The van der Waals surface area contributed by atoms with E-state index in [4.69, 9.17) is 4.74 Å². The van der Waals surface area contributed by atoms with Gasteiger partial charge in [0.1, 0.15) is 17.8 Å². The summed E-state index contributed by atoms with van der Waals surface area (Å²) in [5, 5.41) is 2.96. The monoisotopic (exact) mass is 268 g/mol. The summed E-state index contributed by atoms with van der Waals surface area (Å²) in [6, 6.07) is 12.1. The number of benzene rings is 1. The van der Waals surface area contributed by atoms with Crippen molar-refractivity contribution in [2.45, 2.75) is 0 Å². The van der Waals surface area contributed by atoms with E-state index >= 15 is 0 Å². The lowest BCUT2D eigenvalue weighted by molar-refractivity contribution is 0.353. The van der Waals surface area contributed by atoms with Crippen LogP contribution in [0.25, 0.3) is 16.3 Å². The maximum atomic E-state index is 5.67. The largest absolute Gasteiger partial charge is 0.473 e. The first-order valence-electron chi connectivity index (χ1n) is 5.96. The molecule has 0 saturated carbocycles. The Hall–Kier alpha value is -2.20. The smallest absolute Gasteiger partial charge is 0.225 e. The SMILES string of the molecule is C(=C\c1ccccc1)/COc1ncnc2sccc12. The third kappa shape index (κ3) is 2.80. The van der Waals surface area contributed by atoms with Crippen molar-refractivity contribution in [2.75, 3.05) is 6.61 Å². The molecule has 2 aromatic heterocycles. The summed E-state index contributed by atoms with van der Waals surface area (Å²) >= 11 is 1.59. The summed E-state index contributed by atoms with van der Waals surface area (Å²) < 4.78 is 5.67. The predicted molar refractivity (Wildman–Crippen MR) is 78.4 cm³/mol. The Morgan fingerprint density at radius 1 is 1.11 bits per heavy atom. The van der Waals surface area contributed by atoms with Crippen molar-refractivity contribution in [3.63, 3.8) is 0 Å². The molecule has 0 aliphatic rings. The molecule has 3 nitrogen and oxygen atoms in total. The van der Waals surface area contributed by atoms with Crippen molar-refractivity contribution in [1.82, 2.24) is 9.97 Å². The highest BCUT2D eigenvalue weighted by molar-refractivity contribution is 7.16. The second-order valence-electron chi connectivity index (χ2n) is 3.94. The molecule has 0 aliphatic carbocycles. The summed E-state index contributed by atoms with van der Waals surface area (Å²) in [5.41, 5.74) is 1.16. The summed E-state index contributed by atoms with van der Waals surface area (Å²) in [5.74, 6) is 0.643. The molecule has 3 aromatic rings. The minimum Gasteiger partial charge on any atom is -0.473 e. The predicted octanol–water partition coefficient (Wildman–Crippen LogP) is 3.78. The van der Waals surface area contributed by atoms with Crippen molar-refractivity contribution in [3.05, 3.63) is 59.7 Å². The van der Waals surface area contributed by atoms with Gasteiger partial charge in [-0.15, -0.1) is 11.3 Å². The molecule has 94 valence electrons. The van der Waals surface area contributed by atoms with Gasteiger partial charge in [0.25, 0.3) is 0 Å². The van der Waals surface area contributed by atoms with Gasteiger partial charge in [-0.3, -0.25) is 0 Å². The summed E-state index contributed by atoms with van der Waals surface area (Å²) in [7, 11) is 0. The Morgan fingerprint density at radius 3 is 2.89 bits per heavy atom. The molecule has 2 heterocycles. The zero-order chi connectivity index (χ0) is 12.9. The van der Waals surface area contributed by atoms with Crippen molar-refractivity contribution in [2.24, 2.45) is 0 Å². The topological polar surface area (TPSA) is 35.0 Å². The zero-order valence-corrected chi connectivity index (χ0v) is 11.0. The van der Waals surface area contributed by atoms with Crippen molar-refractivity contribution < 1.29 is 4.74 Å². The molecule has 0 fully saturated rings. The number of ether oxygens (including phenoxy) is 1. The number of hydrogen-bond acceptors (Lipinski definition) is 4. The number of hydrogen-bond donors (Lipinski definition) is 0. The lowest BCUT2D eigenvalue weighted by Gasteiger charge is -2.02. The second kappa shape index (κ2) is 5.63. The Bertz CT molecular complexity index is 691. The van der Waals surface area contributed by atoms with Crippen LogP contribution in [0.1, 0.15) is 5.56 Å². The van der Waals surface area contributed by atoms with Crippen LogP contribution in [0.2, 0.25) is 0 Å². The quantitative estimate of drug-likeness (QED) is 0.722. The highest BCUT2D eigenvalue weighted by Crippen LogP contribution is 2.25. The molecule has 0 aliphatic heterocycles. The van der Waals surface area contributed by atoms with Crippen LogP contribution in [0, 0.1) is 0 Å². The van der Waals surface area contributed by atoms with Crippen molar-refractivity contribution >= 4 is 27.6 Å². The first kappa shape index (κ1) is 11.9. The Labute approximate surface area is 115 Å². The molecule has 0 saturated heterocycles. The molecule has 4 heteroatoms. The van der Waals surface area contributed by atoms with E-state index < -0.39 is 0 Å². The number of rotatable bonds is 4. The van der Waals surface area contributed by atoms with Gasteiger partial charge in [-0.1, -0.05) is 36.4 Å². The van der Waals surface area contributed by atoms with Gasteiger partial charge in [0, 0.05) is 0 Å². The van der Waals surface area contributed by atoms with Gasteiger partial charge in [0.15, 0.2) is 0 Å². The zero-order valence-electron chi connectivity index (χ0n) is 10.2. The standard InChI is InChI=1S/C15H12N2OS/c1-2-5-12(6-3-1)7-4-9-18-14-13-8-10-19-15(13)17-11-16-14/h1-8,10-11H,9H2/b7-4+. The molecule has 0 bridgehead atoms. The van der Waals surface area contributed by atoms with Crippen LogP contribution in [0.4, 0.5) is 0 Å². The molecule has 0 spiro atoms. The van der Waals surface area contributed by atoms with Gasteiger partial charge < -0.3 is 4.74 Å². The van der Waals surface area contributed by atoms with Crippen LogP contribution in [-0.4, -0.2) is 16.6 Å². The lowest BCUT2D eigenvalue weighted by Crippen LogP contribution is -1.96. The molecular formula is C15H12N2OS. The Balaban J connectivity index is 1.67. The maximum absolute atomic E-state index is 5.67. The average molecular weight is 268 g/mol. The van der Waals surface area contributed by atoms with Gasteiger partial charge in [0.2, 0.25) is 5.88 Å². The van der Waals surface area contributed by atoms with Crippen LogP contribution >= 0.6 is 11.3 Å². The number of thiophene rings is 1.